The highest BCUT2D eigenvalue weighted by Crippen LogP contribution is 2.31. The quantitative estimate of drug-likeness (QED) is 0.919. The van der Waals surface area contributed by atoms with Crippen LogP contribution in [0, 0.1) is 17.7 Å². The Morgan fingerprint density at radius 2 is 2.05 bits per heavy atom. The summed E-state index contributed by atoms with van der Waals surface area (Å²) >= 11 is 0. The number of nitrogens with zero attached hydrogens (tertiary/aromatic N) is 1. The first-order valence-electron chi connectivity index (χ1n) is 7.23. The van der Waals surface area contributed by atoms with Gasteiger partial charge in [0.25, 0.3) is 0 Å². The molecular formula is C16H22FNO2. The molecule has 0 saturated carbocycles. The van der Waals surface area contributed by atoms with Gasteiger partial charge in [-0.2, -0.15) is 0 Å². The van der Waals surface area contributed by atoms with Crippen LogP contribution in [0.2, 0.25) is 0 Å². The maximum absolute atomic E-state index is 13.0. The van der Waals surface area contributed by atoms with Crippen LogP contribution in [-0.2, 0) is 4.79 Å². The fraction of sp³-hybridized carbons (Fsp3) is 0.562. The number of carbonyl (C=O) groups is 1. The van der Waals surface area contributed by atoms with Crippen LogP contribution in [0.15, 0.2) is 24.3 Å². The molecule has 0 aromatic heterocycles. The number of carboxylic acids is 1. The summed E-state index contributed by atoms with van der Waals surface area (Å²) in [4.78, 5) is 13.5. The molecule has 4 heteroatoms. The number of hydrogen-bond donors (Lipinski definition) is 1. The van der Waals surface area contributed by atoms with E-state index in [-0.39, 0.29) is 17.8 Å². The molecule has 1 N–H and O–H groups in total. The summed E-state index contributed by atoms with van der Waals surface area (Å²) in [6, 6.07) is 6.72. The third-order valence-corrected chi connectivity index (χ3v) is 4.12. The lowest BCUT2D eigenvalue weighted by molar-refractivity contribution is -0.144. The van der Waals surface area contributed by atoms with E-state index >= 15 is 0 Å². The molecule has 0 bridgehead atoms. The van der Waals surface area contributed by atoms with Gasteiger partial charge in [-0.3, -0.25) is 9.69 Å². The minimum Gasteiger partial charge on any atom is -0.481 e. The molecule has 20 heavy (non-hydrogen) atoms. The van der Waals surface area contributed by atoms with Crippen LogP contribution in [0.1, 0.15) is 38.3 Å². The smallest absolute Gasteiger partial charge is 0.307 e. The first kappa shape index (κ1) is 15.0. The van der Waals surface area contributed by atoms with Crippen molar-refractivity contribution in [1.82, 2.24) is 4.90 Å². The van der Waals surface area contributed by atoms with E-state index in [0.29, 0.717) is 12.5 Å². The van der Waals surface area contributed by atoms with E-state index in [0.717, 1.165) is 24.9 Å². The monoisotopic (exact) mass is 279 g/mol. The minimum atomic E-state index is -0.712. The van der Waals surface area contributed by atoms with Crippen molar-refractivity contribution >= 4 is 5.97 Å². The molecule has 3 atom stereocenters. The van der Waals surface area contributed by atoms with Gasteiger partial charge in [-0.05, 0) is 36.5 Å². The molecule has 1 heterocycles. The van der Waals surface area contributed by atoms with E-state index in [1.807, 2.05) is 0 Å². The Balaban J connectivity index is 2.17. The second-order valence-electron chi connectivity index (χ2n) is 5.81. The number of likely N-dealkylation sites (tertiary alicyclic amines) is 1. The molecule has 1 fully saturated rings. The highest BCUT2D eigenvalue weighted by atomic mass is 19.1. The fourth-order valence-corrected chi connectivity index (χ4v) is 3.22. The molecule has 1 aliphatic heterocycles. The highest BCUT2D eigenvalue weighted by molar-refractivity contribution is 5.70. The zero-order chi connectivity index (χ0) is 14.7. The summed E-state index contributed by atoms with van der Waals surface area (Å²) in [5.41, 5.74) is 1.06. The van der Waals surface area contributed by atoms with Crippen LogP contribution in [-0.4, -0.2) is 29.1 Å². The summed E-state index contributed by atoms with van der Waals surface area (Å²) in [5, 5.41) is 9.26. The molecule has 3 unspecified atom stereocenters. The average molecular weight is 279 g/mol. The molecule has 1 aromatic carbocycles. The van der Waals surface area contributed by atoms with Crippen molar-refractivity contribution in [3.05, 3.63) is 35.6 Å². The number of rotatable bonds is 4. The zero-order valence-corrected chi connectivity index (χ0v) is 12.1. The first-order chi connectivity index (χ1) is 9.51. The average Bonchev–Trinajstić information content (AvgIpc) is 2.41. The van der Waals surface area contributed by atoms with Crippen molar-refractivity contribution in [2.24, 2.45) is 11.8 Å². The van der Waals surface area contributed by atoms with Gasteiger partial charge >= 0.3 is 5.97 Å². The Hall–Kier alpha value is -1.42. The number of halogens is 1. The number of aliphatic carboxylic acids is 1. The third kappa shape index (κ3) is 3.37. The first-order valence-corrected chi connectivity index (χ1v) is 7.23. The van der Waals surface area contributed by atoms with Crippen LogP contribution in [0.25, 0.3) is 0 Å². The highest BCUT2D eigenvalue weighted by Gasteiger charge is 2.32. The second-order valence-corrected chi connectivity index (χ2v) is 5.81. The number of carboxylic acid groups (broad SMARTS) is 1. The second kappa shape index (κ2) is 6.35. The van der Waals surface area contributed by atoms with Gasteiger partial charge in [0, 0.05) is 19.1 Å². The van der Waals surface area contributed by atoms with Crippen molar-refractivity contribution < 1.29 is 14.3 Å². The van der Waals surface area contributed by atoms with E-state index in [4.69, 9.17) is 0 Å². The van der Waals surface area contributed by atoms with E-state index in [1.54, 1.807) is 12.1 Å². The predicted octanol–water partition coefficient (Wildman–Crippen LogP) is 3.32. The lowest BCUT2D eigenvalue weighted by Gasteiger charge is -2.39. The molecule has 1 aromatic rings. The largest absolute Gasteiger partial charge is 0.481 e. The van der Waals surface area contributed by atoms with E-state index in [1.165, 1.54) is 12.1 Å². The lowest BCUT2D eigenvalue weighted by Crippen LogP contribution is -2.44. The number of piperidine rings is 1. The Labute approximate surface area is 119 Å². The fourth-order valence-electron chi connectivity index (χ4n) is 3.22. The predicted molar refractivity (Wildman–Crippen MR) is 75.9 cm³/mol. The maximum Gasteiger partial charge on any atom is 0.307 e. The van der Waals surface area contributed by atoms with Crippen LogP contribution in [0.3, 0.4) is 0 Å². The van der Waals surface area contributed by atoms with Crippen LogP contribution < -0.4 is 0 Å². The molecule has 3 nitrogen and oxygen atoms in total. The van der Waals surface area contributed by atoms with Crippen molar-refractivity contribution in [2.45, 2.75) is 32.7 Å². The van der Waals surface area contributed by atoms with Crippen molar-refractivity contribution in [1.29, 1.82) is 0 Å². The van der Waals surface area contributed by atoms with Crippen LogP contribution >= 0.6 is 0 Å². The van der Waals surface area contributed by atoms with Gasteiger partial charge in [0.1, 0.15) is 5.82 Å². The van der Waals surface area contributed by atoms with Gasteiger partial charge in [0.15, 0.2) is 0 Å². The Kier molecular flexibility index (Phi) is 4.76. The number of hydrogen-bond acceptors (Lipinski definition) is 2. The van der Waals surface area contributed by atoms with E-state index < -0.39 is 5.97 Å². The third-order valence-electron chi connectivity index (χ3n) is 4.12. The van der Waals surface area contributed by atoms with Gasteiger partial charge in [0.05, 0.1) is 5.92 Å². The molecule has 0 spiro atoms. The minimum absolute atomic E-state index is 0.167. The van der Waals surface area contributed by atoms with Gasteiger partial charge in [0.2, 0.25) is 0 Å². The molecule has 0 amide bonds. The standard InChI is InChI=1S/C16H22FNO2/c1-3-15(12-4-6-14(17)7-5-12)18-9-11(2)8-13(10-18)16(19)20/h4-7,11,13,15H,3,8-10H2,1-2H3,(H,19,20). The summed E-state index contributed by atoms with van der Waals surface area (Å²) in [7, 11) is 0. The van der Waals surface area contributed by atoms with Gasteiger partial charge in [-0.25, -0.2) is 4.39 Å². The van der Waals surface area contributed by atoms with Crippen molar-refractivity contribution in [3.8, 4) is 0 Å². The summed E-state index contributed by atoms with van der Waals surface area (Å²) < 4.78 is 13.0. The van der Waals surface area contributed by atoms with E-state index in [9.17, 15) is 14.3 Å². The van der Waals surface area contributed by atoms with Crippen molar-refractivity contribution in [3.63, 3.8) is 0 Å². The summed E-state index contributed by atoms with van der Waals surface area (Å²) in [6.45, 7) is 5.66. The van der Waals surface area contributed by atoms with Gasteiger partial charge in [-0.15, -0.1) is 0 Å². The van der Waals surface area contributed by atoms with Crippen molar-refractivity contribution in [2.75, 3.05) is 13.1 Å². The molecule has 2 rings (SSSR count). The van der Waals surface area contributed by atoms with Crippen LogP contribution in [0.5, 0.6) is 0 Å². The Morgan fingerprint density at radius 1 is 1.40 bits per heavy atom. The van der Waals surface area contributed by atoms with E-state index in [2.05, 4.69) is 18.7 Å². The van der Waals surface area contributed by atoms with Gasteiger partial charge < -0.3 is 5.11 Å². The Morgan fingerprint density at radius 3 is 2.60 bits per heavy atom. The Bertz CT molecular complexity index is 460. The normalized spacial score (nSPS) is 25.4. The maximum atomic E-state index is 13.0. The SMILES string of the molecule is CCC(c1ccc(F)cc1)N1CC(C)CC(C(=O)O)C1. The molecule has 1 aliphatic rings. The summed E-state index contributed by atoms with van der Waals surface area (Å²) in [5.74, 6) is -0.873. The molecule has 0 aliphatic carbocycles. The topological polar surface area (TPSA) is 40.5 Å². The molecule has 110 valence electrons. The zero-order valence-electron chi connectivity index (χ0n) is 12.1. The molecule has 0 radical (unpaired) electrons. The molecule has 1 saturated heterocycles. The molecular weight excluding hydrogens is 257 g/mol. The van der Waals surface area contributed by atoms with Crippen LogP contribution in [0.4, 0.5) is 4.39 Å². The summed E-state index contributed by atoms with van der Waals surface area (Å²) in [6.07, 6.45) is 1.64. The van der Waals surface area contributed by atoms with Gasteiger partial charge in [-0.1, -0.05) is 26.0 Å². The number of benzene rings is 1. The lowest BCUT2D eigenvalue weighted by atomic mass is 9.88.